The van der Waals surface area contributed by atoms with E-state index in [4.69, 9.17) is 0 Å². The van der Waals surface area contributed by atoms with Crippen molar-refractivity contribution in [3.63, 3.8) is 0 Å². The van der Waals surface area contributed by atoms with Gasteiger partial charge in [-0.2, -0.15) is 0 Å². The molecule has 0 spiro atoms. The summed E-state index contributed by atoms with van der Waals surface area (Å²) in [7, 11) is -1.36. The number of carbonyl (C=O) groups is 1. The Morgan fingerprint density at radius 2 is 2.64 bits per heavy atom. The molecule has 0 aliphatic carbocycles. The lowest BCUT2D eigenvalue weighted by Gasteiger charge is -2.04. The van der Waals surface area contributed by atoms with Crippen LogP contribution in [0.4, 0.5) is 0 Å². The Bertz CT molecular complexity index is 257. The van der Waals surface area contributed by atoms with Crippen molar-refractivity contribution in [3.8, 4) is 0 Å². The molecule has 1 unspecified atom stereocenters. The highest BCUT2D eigenvalue weighted by Crippen LogP contribution is 2.07. The van der Waals surface area contributed by atoms with E-state index in [0.717, 1.165) is 0 Å². The second-order valence-electron chi connectivity index (χ2n) is 1.72. The van der Waals surface area contributed by atoms with Crippen molar-refractivity contribution in [2.75, 3.05) is 6.61 Å². The second-order valence-corrected chi connectivity index (χ2v) is 2.74. The number of esters is 1. The molecule has 0 aromatic carbocycles. The molecule has 0 saturated carbocycles. The summed E-state index contributed by atoms with van der Waals surface area (Å²) < 4.78 is 15.2. The maximum atomic E-state index is 10.8. The molecule has 1 aliphatic rings. The maximum Gasteiger partial charge on any atom is 0.272 e. The average molecular weight is 172 g/mol. The van der Waals surface area contributed by atoms with Crippen LogP contribution < -0.4 is 0 Å². The van der Waals surface area contributed by atoms with E-state index in [9.17, 15) is 9.00 Å². The van der Waals surface area contributed by atoms with Gasteiger partial charge in [0, 0.05) is 0 Å². The summed E-state index contributed by atoms with van der Waals surface area (Å²) in [4.78, 5) is 14.3. The van der Waals surface area contributed by atoms with E-state index in [2.05, 4.69) is 15.3 Å². The molecule has 60 valence electrons. The van der Waals surface area contributed by atoms with Crippen LogP contribution in [-0.2, 0) is 20.3 Å². The van der Waals surface area contributed by atoms with Gasteiger partial charge in [-0.05, 0) is 23.4 Å². The molecular weight excluding hydrogens is 166 g/mol. The summed E-state index contributed by atoms with van der Waals surface area (Å²) in [5.41, 5.74) is 2.29. The summed E-state index contributed by atoms with van der Waals surface area (Å²) >= 11 is 0. The summed E-state index contributed by atoms with van der Waals surface area (Å²) in [6.07, 6.45) is 0. The van der Waals surface area contributed by atoms with Gasteiger partial charge in [0.15, 0.2) is 0 Å². The Hall–Kier alpha value is -0.970. The molecule has 5 heteroatoms. The Kier molecular flexibility index (Phi) is 2.53. The first-order valence-electron chi connectivity index (χ1n) is 3.00. The molecule has 0 fully saturated rings. The van der Waals surface area contributed by atoms with Gasteiger partial charge in [-0.3, -0.25) is 9.00 Å². The standard InChI is InChI=1S/C6H6NO3S/c1-2-10-6(8)5-3-11(9)4-7-5/h3H,2H2,1H3/q-1. The minimum Gasteiger partial charge on any atom is -0.475 e. The fraction of sp³-hybridized carbons (Fsp3) is 0.333. The lowest BCUT2D eigenvalue weighted by atomic mass is 10.5. The molecule has 1 atom stereocenters. The van der Waals surface area contributed by atoms with Crippen LogP contribution in [-0.4, -0.2) is 22.3 Å². The first-order valence-corrected chi connectivity index (χ1v) is 4.21. The molecule has 0 aromatic rings. The van der Waals surface area contributed by atoms with Crippen molar-refractivity contribution in [2.24, 2.45) is 4.99 Å². The van der Waals surface area contributed by atoms with Crippen LogP contribution in [0.5, 0.6) is 0 Å². The van der Waals surface area contributed by atoms with Crippen molar-refractivity contribution >= 4 is 22.3 Å². The molecule has 0 amide bonds. The monoisotopic (exact) mass is 172 g/mol. The zero-order chi connectivity index (χ0) is 8.27. The number of rotatable bonds is 2. The SMILES string of the molecule is CCOC(=O)C1=CS(=O)[C-]=N1. The molecule has 1 aliphatic heterocycles. The Morgan fingerprint density at radius 3 is 3.09 bits per heavy atom. The molecular formula is C6H6NO3S-. The first-order chi connectivity index (χ1) is 5.24. The largest absolute Gasteiger partial charge is 0.475 e. The van der Waals surface area contributed by atoms with Crippen LogP contribution >= 0.6 is 0 Å². The van der Waals surface area contributed by atoms with Crippen LogP contribution in [0.1, 0.15) is 6.92 Å². The van der Waals surface area contributed by atoms with Gasteiger partial charge in [-0.25, -0.2) is 0 Å². The van der Waals surface area contributed by atoms with Crippen LogP contribution in [0.2, 0.25) is 0 Å². The van der Waals surface area contributed by atoms with E-state index in [1.165, 1.54) is 5.41 Å². The zero-order valence-corrected chi connectivity index (χ0v) is 6.68. The molecule has 0 aromatic heterocycles. The molecule has 11 heavy (non-hydrogen) atoms. The second kappa shape index (κ2) is 3.43. The first kappa shape index (κ1) is 8.13. The summed E-state index contributed by atoms with van der Waals surface area (Å²) in [6.45, 7) is 1.98. The van der Waals surface area contributed by atoms with Crippen molar-refractivity contribution in [2.45, 2.75) is 6.92 Å². The number of ether oxygens (including phenoxy) is 1. The number of nitrogens with zero attached hydrogens (tertiary/aromatic N) is 1. The minimum absolute atomic E-state index is 0.0742. The number of aliphatic imine (C=N–C) groups is 1. The van der Waals surface area contributed by atoms with Crippen molar-refractivity contribution in [1.29, 1.82) is 0 Å². The normalized spacial score (nSPS) is 21.5. The average Bonchev–Trinajstić information content (AvgIpc) is 2.36. The van der Waals surface area contributed by atoms with Gasteiger partial charge in [0.1, 0.15) is 0 Å². The van der Waals surface area contributed by atoms with Gasteiger partial charge in [0.2, 0.25) is 0 Å². The van der Waals surface area contributed by atoms with E-state index in [0.29, 0.717) is 6.61 Å². The van der Waals surface area contributed by atoms with Gasteiger partial charge < -0.3 is 9.73 Å². The molecule has 0 bridgehead atoms. The smallest absolute Gasteiger partial charge is 0.272 e. The molecule has 0 N–H and O–H groups in total. The molecule has 0 radical (unpaired) electrons. The van der Waals surface area contributed by atoms with Gasteiger partial charge >= 0.3 is 0 Å². The molecule has 1 rings (SSSR count). The van der Waals surface area contributed by atoms with E-state index in [1.54, 1.807) is 6.92 Å². The fourth-order valence-electron chi connectivity index (χ4n) is 0.547. The highest BCUT2D eigenvalue weighted by molar-refractivity contribution is 8.01. The van der Waals surface area contributed by atoms with Crippen LogP contribution in [0, 0.1) is 0 Å². The van der Waals surface area contributed by atoms with E-state index in [1.807, 2.05) is 0 Å². The minimum atomic E-state index is -1.36. The van der Waals surface area contributed by atoms with Gasteiger partial charge in [-0.1, -0.05) is 11.0 Å². The van der Waals surface area contributed by atoms with Crippen LogP contribution in [0.3, 0.4) is 0 Å². The Labute approximate surface area is 66.4 Å². The predicted molar refractivity (Wildman–Crippen MR) is 40.3 cm³/mol. The van der Waals surface area contributed by atoms with Crippen LogP contribution in [0.25, 0.3) is 0 Å². The summed E-state index contributed by atoms with van der Waals surface area (Å²) in [5.74, 6) is -0.550. The predicted octanol–water partition coefficient (Wildman–Crippen LogP) is 0.0585. The third-order valence-electron chi connectivity index (χ3n) is 0.959. The lowest BCUT2D eigenvalue weighted by Crippen LogP contribution is -2.04. The fourth-order valence-corrected chi connectivity index (χ4v) is 1.14. The van der Waals surface area contributed by atoms with Gasteiger partial charge in [0.05, 0.1) is 6.61 Å². The summed E-state index contributed by atoms with van der Waals surface area (Å²) in [6, 6.07) is 0. The van der Waals surface area contributed by atoms with Crippen molar-refractivity contribution in [1.82, 2.24) is 0 Å². The zero-order valence-electron chi connectivity index (χ0n) is 5.86. The van der Waals surface area contributed by atoms with Gasteiger partial charge in [0.25, 0.3) is 5.97 Å². The van der Waals surface area contributed by atoms with E-state index >= 15 is 0 Å². The Balaban J connectivity index is 2.63. The van der Waals surface area contributed by atoms with E-state index < -0.39 is 16.8 Å². The molecule has 1 heterocycles. The number of carbonyl (C=O) groups excluding carboxylic acids is 1. The number of hydrogen-bond acceptors (Lipinski definition) is 4. The van der Waals surface area contributed by atoms with Crippen molar-refractivity contribution in [3.05, 3.63) is 11.1 Å². The van der Waals surface area contributed by atoms with Gasteiger partial charge in [-0.15, -0.1) is 0 Å². The topological polar surface area (TPSA) is 55.7 Å². The highest BCUT2D eigenvalue weighted by Gasteiger charge is 2.02. The molecule has 0 saturated heterocycles. The maximum absolute atomic E-state index is 10.8. The Morgan fingerprint density at radius 1 is 1.91 bits per heavy atom. The number of hydrogen-bond donors (Lipinski definition) is 0. The molecule has 4 nitrogen and oxygen atoms in total. The lowest BCUT2D eigenvalue weighted by molar-refractivity contribution is -0.138. The third-order valence-corrected chi connectivity index (χ3v) is 1.67. The van der Waals surface area contributed by atoms with E-state index in [-0.39, 0.29) is 5.70 Å². The summed E-state index contributed by atoms with van der Waals surface area (Å²) in [5, 5.41) is 1.21. The quantitative estimate of drug-likeness (QED) is 0.437. The highest BCUT2D eigenvalue weighted by atomic mass is 32.2. The van der Waals surface area contributed by atoms with Crippen LogP contribution in [0.15, 0.2) is 16.1 Å². The van der Waals surface area contributed by atoms with Crippen molar-refractivity contribution < 1.29 is 13.7 Å². The third kappa shape index (κ3) is 1.98.